The van der Waals surface area contributed by atoms with Crippen LogP contribution >= 0.6 is 0 Å². The van der Waals surface area contributed by atoms with Crippen molar-refractivity contribution in [1.82, 2.24) is 23.6 Å². The van der Waals surface area contributed by atoms with Gasteiger partial charge in [0.15, 0.2) is 0 Å². The second-order valence-corrected chi connectivity index (χ2v) is 10.2. The molecule has 0 unspecified atom stereocenters. The number of sulfonamides is 1. The Morgan fingerprint density at radius 2 is 2.03 bits per heavy atom. The summed E-state index contributed by atoms with van der Waals surface area (Å²) in [5.41, 5.74) is 0.457. The zero-order valence-electron chi connectivity index (χ0n) is 17.9. The van der Waals surface area contributed by atoms with E-state index >= 15 is 0 Å². The Labute approximate surface area is 187 Å². The number of carbonyl (C=O) groups is 1. The maximum atomic E-state index is 13.0. The molecule has 33 heavy (non-hydrogen) atoms. The number of hydrogen-bond acceptors (Lipinski definition) is 5. The first-order valence-electron chi connectivity index (χ1n) is 10.2. The molecule has 1 saturated carbocycles. The van der Waals surface area contributed by atoms with Crippen LogP contribution in [0.1, 0.15) is 29.7 Å². The van der Waals surface area contributed by atoms with Gasteiger partial charge in [0.2, 0.25) is 10.0 Å². The van der Waals surface area contributed by atoms with Crippen molar-refractivity contribution in [3.05, 3.63) is 41.3 Å². The lowest BCUT2D eigenvalue weighted by Gasteiger charge is -2.19. The largest absolute Gasteiger partial charge is 0.464 e. The first kappa shape index (κ1) is 23.1. The number of aryl methyl sites for hydroxylation is 2. The van der Waals surface area contributed by atoms with Gasteiger partial charge in [-0.15, -0.1) is 0 Å². The number of rotatable bonds is 7. The van der Waals surface area contributed by atoms with Gasteiger partial charge in [0.25, 0.3) is 0 Å². The SMILES string of the molecule is Cc1nn(C)c(-n2ccc3cc(C(F)(F)F)cnc32)c1CCS(=O)(=O)N(CC1CC1)C(=O)O. The monoisotopic (exact) mass is 485 g/mol. The Hall–Kier alpha value is -3.09. The molecular formula is C20H22F3N5O4S. The van der Waals surface area contributed by atoms with Gasteiger partial charge < -0.3 is 5.11 Å². The van der Waals surface area contributed by atoms with E-state index in [-0.39, 0.29) is 29.9 Å². The average molecular weight is 485 g/mol. The molecule has 0 aliphatic heterocycles. The van der Waals surface area contributed by atoms with E-state index in [0.29, 0.717) is 21.4 Å². The lowest BCUT2D eigenvalue weighted by Crippen LogP contribution is -2.39. The molecule has 4 rings (SSSR count). The number of aromatic nitrogens is 4. The van der Waals surface area contributed by atoms with E-state index in [1.807, 2.05) is 0 Å². The van der Waals surface area contributed by atoms with E-state index < -0.39 is 33.6 Å². The number of amides is 1. The van der Waals surface area contributed by atoms with Crippen LogP contribution in [0.25, 0.3) is 16.9 Å². The van der Waals surface area contributed by atoms with E-state index in [4.69, 9.17) is 0 Å². The summed E-state index contributed by atoms with van der Waals surface area (Å²) in [7, 11) is -2.45. The van der Waals surface area contributed by atoms with Gasteiger partial charge in [0.05, 0.1) is 17.0 Å². The van der Waals surface area contributed by atoms with E-state index in [1.54, 1.807) is 24.7 Å². The maximum absolute atomic E-state index is 13.0. The van der Waals surface area contributed by atoms with Crippen molar-refractivity contribution in [2.45, 2.75) is 32.4 Å². The quantitative estimate of drug-likeness (QED) is 0.550. The van der Waals surface area contributed by atoms with Gasteiger partial charge in [0, 0.05) is 36.9 Å². The first-order chi connectivity index (χ1) is 15.4. The molecule has 0 bridgehead atoms. The molecule has 1 fully saturated rings. The third kappa shape index (κ3) is 4.54. The predicted molar refractivity (Wildman–Crippen MR) is 113 cm³/mol. The van der Waals surface area contributed by atoms with Crippen LogP contribution in [-0.2, 0) is 29.7 Å². The van der Waals surface area contributed by atoms with Gasteiger partial charge in [-0.25, -0.2) is 22.5 Å². The lowest BCUT2D eigenvalue weighted by molar-refractivity contribution is -0.137. The molecule has 9 nitrogen and oxygen atoms in total. The molecule has 1 amide bonds. The summed E-state index contributed by atoms with van der Waals surface area (Å²) < 4.78 is 68.2. The Morgan fingerprint density at radius 3 is 2.64 bits per heavy atom. The minimum Gasteiger partial charge on any atom is -0.464 e. The molecule has 0 spiro atoms. The van der Waals surface area contributed by atoms with Crippen LogP contribution in [0.15, 0.2) is 24.5 Å². The van der Waals surface area contributed by atoms with E-state index in [1.165, 1.54) is 10.7 Å². The normalized spacial score (nSPS) is 14.7. The summed E-state index contributed by atoms with van der Waals surface area (Å²) in [6.45, 7) is 1.63. The Kier molecular flexibility index (Phi) is 5.63. The summed E-state index contributed by atoms with van der Waals surface area (Å²) in [5, 5.41) is 14.0. The Bertz CT molecular complexity index is 1330. The molecular weight excluding hydrogens is 463 g/mol. The standard InChI is InChI=1S/C20H22F3N5O4S/c1-12-16(6-8-33(31,32)28(19(29)30)11-13-3-4-13)18(26(2)25-12)27-7-5-14-9-15(20(21,22)23)10-24-17(14)27/h5,7,9-10,13H,3-4,6,8,11H2,1-2H3,(H,29,30). The topological polar surface area (TPSA) is 110 Å². The summed E-state index contributed by atoms with van der Waals surface area (Å²) in [5.74, 6) is 0.0654. The highest BCUT2D eigenvalue weighted by Gasteiger charge is 2.34. The van der Waals surface area contributed by atoms with E-state index in [9.17, 15) is 31.5 Å². The number of carboxylic acid groups (broad SMARTS) is 1. The van der Waals surface area contributed by atoms with Crippen molar-refractivity contribution in [3.8, 4) is 5.82 Å². The molecule has 3 aromatic heterocycles. The number of fused-ring (bicyclic) bond motifs is 1. The van der Waals surface area contributed by atoms with Crippen molar-refractivity contribution in [3.63, 3.8) is 0 Å². The van der Waals surface area contributed by atoms with Crippen LogP contribution < -0.4 is 0 Å². The van der Waals surface area contributed by atoms with Gasteiger partial charge in [0.1, 0.15) is 11.5 Å². The number of halogens is 3. The first-order valence-corrected chi connectivity index (χ1v) is 11.8. The van der Waals surface area contributed by atoms with Crippen LogP contribution in [0, 0.1) is 12.8 Å². The molecule has 13 heteroatoms. The molecule has 0 atom stereocenters. The van der Waals surface area contributed by atoms with Crippen LogP contribution in [0.5, 0.6) is 0 Å². The number of nitrogens with zero attached hydrogens (tertiary/aromatic N) is 5. The fourth-order valence-electron chi connectivity index (χ4n) is 3.82. The van der Waals surface area contributed by atoms with Crippen molar-refractivity contribution >= 4 is 27.1 Å². The average Bonchev–Trinajstić information content (AvgIpc) is 3.38. The highest BCUT2D eigenvalue weighted by Crippen LogP contribution is 2.33. The van der Waals surface area contributed by atoms with Crippen LogP contribution in [0.3, 0.4) is 0 Å². The lowest BCUT2D eigenvalue weighted by atomic mass is 10.2. The molecule has 3 aromatic rings. The number of alkyl halides is 3. The van der Waals surface area contributed by atoms with Crippen molar-refractivity contribution in [2.75, 3.05) is 12.3 Å². The highest BCUT2D eigenvalue weighted by atomic mass is 32.2. The van der Waals surface area contributed by atoms with Crippen LogP contribution in [0.2, 0.25) is 0 Å². The molecule has 1 N–H and O–H groups in total. The van der Waals surface area contributed by atoms with Gasteiger partial charge in [-0.05, 0) is 44.2 Å². The third-order valence-corrected chi connectivity index (χ3v) is 7.37. The maximum Gasteiger partial charge on any atom is 0.421 e. The zero-order valence-corrected chi connectivity index (χ0v) is 18.7. The van der Waals surface area contributed by atoms with Crippen molar-refractivity contribution in [2.24, 2.45) is 13.0 Å². The van der Waals surface area contributed by atoms with Crippen molar-refractivity contribution < 1.29 is 31.5 Å². The third-order valence-electron chi connectivity index (χ3n) is 5.68. The number of pyridine rings is 1. The van der Waals surface area contributed by atoms with Crippen LogP contribution in [0.4, 0.5) is 18.0 Å². The zero-order chi connectivity index (χ0) is 24.1. The fourth-order valence-corrected chi connectivity index (χ4v) is 5.18. The minimum atomic E-state index is -4.53. The summed E-state index contributed by atoms with van der Waals surface area (Å²) in [6.07, 6.45) is -2.16. The van der Waals surface area contributed by atoms with E-state index in [0.717, 1.165) is 25.1 Å². The molecule has 0 saturated heterocycles. The van der Waals surface area contributed by atoms with Gasteiger partial charge in [-0.1, -0.05) is 0 Å². The summed E-state index contributed by atoms with van der Waals surface area (Å²) in [4.78, 5) is 15.5. The summed E-state index contributed by atoms with van der Waals surface area (Å²) >= 11 is 0. The molecule has 178 valence electrons. The predicted octanol–water partition coefficient (Wildman–Crippen LogP) is 3.35. The second-order valence-electron chi connectivity index (χ2n) is 8.15. The second kappa shape index (κ2) is 8.04. The summed E-state index contributed by atoms with van der Waals surface area (Å²) in [6, 6.07) is 2.48. The fraction of sp³-hybridized carbons (Fsp3) is 0.450. The molecule has 1 aliphatic carbocycles. The highest BCUT2D eigenvalue weighted by molar-refractivity contribution is 7.89. The molecule has 3 heterocycles. The Balaban J connectivity index is 1.67. The minimum absolute atomic E-state index is 0.0217. The van der Waals surface area contributed by atoms with Gasteiger partial charge in [-0.3, -0.25) is 9.25 Å². The molecule has 1 aliphatic rings. The van der Waals surface area contributed by atoms with Crippen LogP contribution in [-0.4, -0.2) is 55.6 Å². The van der Waals surface area contributed by atoms with Gasteiger partial charge in [-0.2, -0.15) is 18.3 Å². The Morgan fingerprint density at radius 1 is 1.33 bits per heavy atom. The van der Waals surface area contributed by atoms with Crippen molar-refractivity contribution in [1.29, 1.82) is 0 Å². The molecule has 0 aromatic carbocycles. The smallest absolute Gasteiger partial charge is 0.421 e. The van der Waals surface area contributed by atoms with E-state index in [2.05, 4.69) is 10.1 Å². The molecule has 0 radical (unpaired) electrons. The number of hydrogen-bond donors (Lipinski definition) is 1. The van der Waals surface area contributed by atoms with Gasteiger partial charge >= 0.3 is 12.3 Å².